The van der Waals surface area contributed by atoms with Gasteiger partial charge in [0.05, 0.1) is 19.3 Å². The maximum absolute atomic E-state index is 11.7. The molecule has 1 N–H and O–H groups in total. The maximum atomic E-state index is 11.7. The largest absolute Gasteiger partial charge is 0.462 e. The van der Waals surface area contributed by atoms with Crippen molar-refractivity contribution >= 4 is 23.4 Å². The molecule has 0 aromatic carbocycles. The van der Waals surface area contributed by atoms with Crippen LogP contribution in [0.3, 0.4) is 0 Å². The summed E-state index contributed by atoms with van der Waals surface area (Å²) in [6.45, 7) is 3.33. The van der Waals surface area contributed by atoms with Gasteiger partial charge in [-0.15, -0.1) is 0 Å². The quantitative estimate of drug-likeness (QED) is 0.661. The molecule has 1 aliphatic heterocycles. The number of hydrogen-bond donors (Lipinski definition) is 1. The van der Waals surface area contributed by atoms with Crippen LogP contribution in [0.1, 0.15) is 23.7 Å². The summed E-state index contributed by atoms with van der Waals surface area (Å²) in [4.78, 5) is 19.6. The highest BCUT2D eigenvalue weighted by molar-refractivity contribution is 6.28. The molecular formula is C11H14ClN3O3. The maximum Gasteiger partial charge on any atom is 0.343 e. The van der Waals surface area contributed by atoms with Crippen LogP contribution in [-0.2, 0) is 9.47 Å². The molecule has 7 heteroatoms. The third kappa shape index (κ3) is 3.08. The normalized spacial score (nSPS) is 18.7. The number of nitrogens with zero attached hydrogens (tertiary/aromatic N) is 2. The Kier molecular flexibility index (Phi) is 4.33. The molecule has 1 aromatic rings. The van der Waals surface area contributed by atoms with Crippen molar-refractivity contribution < 1.29 is 14.3 Å². The zero-order valence-corrected chi connectivity index (χ0v) is 10.7. The van der Waals surface area contributed by atoms with E-state index >= 15 is 0 Å². The number of hydrogen-bond acceptors (Lipinski definition) is 6. The minimum Gasteiger partial charge on any atom is -0.462 e. The van der Waals surface area contributed by atoms with Gasteiger partial charge in [-0.25, -0.2) is 9.78 Å². The molecule has 6 nitrogen and oxygen atoms in total. The highest BCUT2D eigenvalue weighted by atomic mass is 35.5. The van der Waals surface area contributed by atoms with Crippen LogP contribution in [0, 0.1) is 0 Å². The van der Waals surface area contributed by atoms with Crippen molar-refractivity contribution in [3.63, 3.8) is 0 Å². The van der Waals surface area contributed by atoms with E-state index in [1.54, 1.807) is 6.92 Å². The molecule has 0 aliphatic carbocycles. The van der Waals surface area contributed by atoms with Gasteiger partial charge in [0.15, 0.2) is 0 Å². The van der Waals surface area contributed by atoms with E-state index in [-0.39, 0.29) is 16.9 Å². The van der Waals surface area contributed by atoms with E-state index in [1.807, 2.05) is 0 Å². The molecule has 2 rings (SSSR count). The molecule has 0 saturated carbocycles. The van der Waals surface area contributed by atoms with Crippen molar-refractivity contribution in [2.45, 2.75) is 19.4 Å². The zero-order chi connectivity index (χ0) is 13.0. The number of halogens is 1. The van der Waals surface area contributed by atoms with Gasteiger partial charge in [-0.2, -0.15) is 4.98 Å². The van der Waals surface area contributed by atoms with Gasteiger partial charge in [0.2, 0.25) is 5.28 Å². The van der Waals surface area contributed by atoms with Crippen LogP contribution in [0.2, 0.25) is 5.28 Å². The molecule has 0 radical (unpaired) electrons. The molecule has 18 heavy (non-hydrogen) atoms. The van der Waals surface area contributed by atoms with E-state index in [0.29, 0.717) is 25.6 Å². The average Bonchev–Trinajstić information content (AvgIpc) is 2.82. The van der Waals surface area contributed by atoms with Gasteiger partial charge in [0.1, 0.15) is 11.4 Å². The first kappa shape index (κ1) is 13.0. The van der Waals surface area contributed by atoms with Crippen LogP contribution < -0.4 is 5.32 Å². The van der Waals surface area contributed by atoms with Gasteiger partial charge in [0, 0.05) is 12.8 Å². The molecule has 1 saturated heterocycles. The van der Waals surface area contributed by atoms with Crippen molar-refractivity contribution in [1.29, 1.82) is 0 Å². The molecule has 1 aromatic heterocycles. The summed E-state index contributed by atoms with van der Waals surface area (Å²) in [5, 5.41) is 3.22. The summed E-state index contributed by atoms with van der Waals surface area (Å²) >= 11 is 5.74. The summed E-state index contributed by atoms with van der Waals surface area (Å²) in [6, 6.07) is 0.129. The van der Waals surface area contributed by atoms with E-state index in [1.165, 1.54) is 6.20 Å². The van der Waals surface area contributed by atoms with Crippen molar-refractivity contribution in [3.8, 4) is 0 Å². The SMILES string of the molecule is CCOC(=O)c1cnc(Cl)nc1NC1CCOC1. The second-order valence-electron chi connectivity index (χ2n) is 3.83. The molecule has 98 valence electrons. The van der Waals surface area contributed by atoms with Crippen LogP contribution in [0.4, 0.5) is 5.82 Å². The molecule has 1 atom stereocenters. The number of nitrogens with one attached hydrogen (secondary N) is 1. The molecule has 1 unspecified atom stereocenters. The molecular weight excluding hydrogens is 258 g/mol. The van der Waals surface area contributed by atoms with E-state index in [2.05, 4.69) is 15.3 Å². The fourth-order valence-corrected chi connectivity index (χ4v) is 1.80. The predicted octanol–water partition coefficient (Wildman–Crippen LogP) is 1.51. The number of anilines is 1. The number of esters is 1. The lowest BCUT2D eigenvalue weighted by Gasteiger charge is -2.14. The lowest BCUT2D eigenvalue weighted by atomic mass is 10.2. The van der Waals surface area contributed by atoms with Gasteiger partial charge in [0.25, 0.3) is 0 Å². The van der Waals surface area contributed by atoms with Crippen LogP contribution in [0.5, 0.6) is 0 Å². The van der Waals surface area contributed by atoms with E-state index in [4.69, 9.17) is 21.1 Å². The Hall–Kier alpha value is -1.40. The second-order valence-corrected chi connectivity index (χ2v) is 4.16. The Morgan fingerprint density at radius 2 is 2.56 bits per heavy atom. The summed E-state index contributed by atoms with van der Waals surface area (Å²) in [6.07, 6.45) is 2.23. The first-order chi connectivity index (χ1) is 8.70. The first-order valence-corrected chi connectivity index (χ1v) is 6.12. The topological polar surface area (TPSA) is 73.3 Å². The lowest BCUT2D eigenvalue weighted by Crippen LogP contribution is -2.22. The molecule has 2 heterocycles. The van der Waals surface area contributed by atoms with Gasteiger partial charge < -0.3 is 14.8 Å². The first-order valence-electron chi connectivity index (χ1n) is 5.74. The molecule has 0 spiro atoms. The predicted molar refractivity (Wildman–Crippen MR) is 65.8 cm³/mol. The van der Waals surface area contributed by atoms with Crippen LogP contribution >= 0.6 is 11.6 Å². The minimum atomic E-state index is -0.462. The van der Waals surface area contributed by atoms with Gasteiger partial charge in [-0.05, 0) is 24.9 Å². The third-order valence-electron chi connectivity index (χ3n) is 2.53. The Morgan fingerprint density at radius 1 is 1.72 bits per heavy atom. The number of aromatic nitrogens is 2. The number of carbonyl (C=O) groups excluding carboxylic acids is 1. The Morgan fingerprint density at radius 3 is 3.22 bits per heavy atom. The molecule has 0 amide bonds. The fourth-order valence-electron chi connectivity index (χ4n) is 1.67. The van der Waals surface area contributed by atoms with Crippen molar-refractivity contribution in [3.05, 3.63) is 17.0 Å². The highest BCUT2D eigenvalue weighted by Gasteiger charge is 2.21. The monoisotopic (exact) mass is 271 g/mol. The third-order valence-corrected chi connectivity index (χ3v) is 2.71. The van der Waals surface area contributed by atoms with Gasteiger partial charge in [-0.1, -0.05) is 0 Å². The van der Waals surface area contributed by atoms with Crippen molar-refractivity contribution in [1.82, 2.24) is 9.97 Å². The second kappa shape index (κ2) is 5.97. The standard InChI is InChI=1S/C11H14ClN3O3/c1-2-18-10(16)8-5-13-11(12)15-9(8)14-7-3-4-17-6-7/h5,7H,2-4,6H2,1H3,(H,13,14,15). The molecule has 0 bridgehead atoms. The summed E-state index contributed by atoms with van der Waals surface area (Å²) in [5.41, 5.74) is 0.285. The summed E-state index contributed by atoms with van der Waals surface area (Å²) < 4.78 is 10.2. The smallest absolute Gasteiger partial charge is 0.343 e. The van der Waals surface area contributed by atoms with Crippen molar-refractivity contribution in [2.24, 2.45) is 0 Å². The Balaban J connectivity index is 2.19. The highest BCUT2D eigenvalue weighted by Crippen LogP contribution is 2.18. The minimum absolute atomic E-state index is 0.0875. The Bertz CT molecular complexity index is 436. The van der Waals surface area contributed by atoms with Crippen LogP contribution in [0.15, 0.2) is 6.20 Å². The number of carbonyl (C=O) groups is 1. The lowest BCUT2D eigenvalue weighted by molar-refractivity contribution is 0.0526. The average molecular weight is 272 g/mol. The van der Waals surface area contributed by atoms with E-state index in [9.17, 15) is 4.79 Å². The van der Waals surface area contributed by atoms with E-state index < -0.39 is 5.97 Å². The van der Waals surface area contributed by atoms with Crippen LogP contribution in [0.25, 0.3) is 0 Å². The fraction of sp³-hybridized carbons (Fsp3) is 0.545. The number of rotatable bonds is 4. The summed E-state index contributed by atoms with van der Waals surface area (Å²) in [7, 11) is 0. The summed E-state index contributed by atoms with van der Waals surface area (Å²) in [5.74, 6) is -0.0699. The van der Waals surface area contributed by atoms with E-state index in [0.717, 1.165) is 6.42 Å². The Labute approximate surface area is 110 Å². The van der Waals surface area contributed by atoms with Gasteiger partial charge in [-0.3, -0.25) is 0 Å². The molecule has 1 aliphatic rings. The van der Waals surface area contributed by atoms with Gasteiger partial charge >= 0.3 is 5.97 Å². The zero-order valence-electron chi connectivity index (χ0n) is 9.98. The molecule has 1 fully saturated rings. The van der Waals surface area contributed by atoms with Crippen LogP contribution in [-0.4, -0.2) is 41.8 Å². The number of ether oxygens (including phenoxy) is 2. The van der Waals surface area contributed by atoms with Crippen molar-refractivity contribution in [2.75, 3.05) is 25.1 Å².